The number of nitrogens with two attached hydrogens (primary N) is 1. The van der Waals surface area contributed by atoms with Crippen LogP contribution in [-0.2, 0) is 4.79 Å². The molecular formula is C20H25N5O4. The highest BCUT2D eigenvalue weighted by molar-refractivity contribution is 6.04. The Hall–Kier alpha value is -3.49. The number of anilines is 1. The minimum Gasteiger partial charge on any atom is -0.496 e. The van der Waals surface area contributed by atoms with E-state index in [0.717, 1.165) is 12.0 Å². The number of fused-ring (bicyclic) bond motifs is 1. The third kappa shape index (κ3) is 3.75. The molecule has 9 heteroatoms. The fourth-order valence-electron chi connectivity index (χ4n) is 3.48. The number of hydrogen-bond donors (Lipinski definition) is 3. The van der Waals surface area contributed by atoms with Crippen LogP contribution in [0.25, 0.3) is 11.3 Å². The van der Waals surface area contributed by atoms with E-state index in [-0.39, 0.29) is 17.5 Å². The second-order valence-corrected chi connectivity index (χ2v) is 6.71. The minimum atomic E-state index is -0.594. The van der Waals surface area contributed by atoms with Crippen LogP contribution >= 0.6 is 0 Å². The minimum absolute atomic E-state index is 0.128. The van der Waals surface area contributed by atoms with E-state index in [0.29, 0.717) is 41.7 Å². The maximum absolute atomic E-state index is 12.3. The van der Waals surface area contributed by atoms with Crippen molar-refractivity contribution < 1.29 is 19.1 Å². The van der Waals surface area contributed by atoms with E-state index in [1.807, 2.05) is 6.92 Å². The van der Waals surface area contributed by atoms with Gasteiger partial charge in [0.2, 0.25) is 5.91 Å². The van der Waals surface area contributed by atoms with Gasteiger partial charge in [0.05, 0.1) is 20.3 Å². The summed E-state index contributed by atoms with van der Waals surface area (Å²) in [4.78, 5) is 23.9. The number of rotatable bonds is 7. The van der Waals surface area contributed by atoms with Crippen molar-refractivity contribution in [3.63, 3.8) is 0 Å². The number of ether oxygens (including phenoxy) is 2. The zero-order chi connectivity index (χ0) is 21.1. The smallest absolute Gasteiger partial charge is 0.254 e. The Morgan fingerprint density at radius 3 is 2.59 bits per heavy atom. The average molecular weight is 399 g/mol. The summed E-state index contributed by atoms with van der Waals surface area (Å²) in [7, 11) is 3.14. The second-order valence-electron chi connectivity index (χ2n) is 6.71. The van der Waals surface area contributed by atoms with E-state index >= 15 is 0 Å². The normalized spacial score (nSPS) is 15.1. The fourth-order valence-corrected chi connectivity index (χ4v) is 3.48. The zero-order valence-electron chi connectivity index (χ0n) is 16.7. The highest BCUT2D eigenvalue weighted by Crippen LogP contribution is 2.38. The average Bonchev–Trinajstić information content (AvgIpc) is 3.12. The van der Waals surface area contributed by atoms with E-state index in [1.165, 1.54) is 6.08 Å². The molecule has 0 fully saturated rings. The number of carbonyl (C=O) groups excluding carboxylic acids is 2. The molecule has 1 aromatic heterocycles. The van der Waals surface area contributed by atoms with Crippen molar-refractivity contribution in [2.75, 3.05) is 32.6 Å². The van der Waals surface area contributed by atoms with Gasteiger partial charge in [0.1, 0.15) is 28.6 Å². The lowest BCUT2D eigenvalue weighted by atomic mass is 10.0. The molecule has 2 heterocycles. The van der Waals surface area contributed by atoms with Crippen molar-refractivity contribution in [2.24, 2.45) is 5.73 Å². The van der Waals surface area contributed by atoms with E-state index < -0.39 is 5.91 Å². The summed E-state index contributed by atoms with van der Waals surface area (Å²) < 4.78 is 12.6. The van der Waals surface area contributed by atoms with Crippen LogP contribution in [0.4, 0.5) is 5.82 Å². The molecule has 0 spiro atoms. The Kier molecular flexibility index (Phi) is 5.76. The Morgan fingerprint density at radius 1 is 1.38 bits per heavy atom. The molecule has 1 aliphatic heterocycles. The van der Waals surface area contributed by atoms with Gasteiger partial charge in [-0.3, -0.25) is 9.59 Å². The SMILES string of the molecule is C=CC(=O)NCC1CCNc2c(C(N)=O)c(-c3cc(OC)c(C)c(OC)c3)nn21. The molecule has 0 saturated carbocycles. The maximum atomic E-state index is 12.3. The topological polar surface area (TPSA) is 120 Å². The quantitative estimate of drug-likeness (QED) is 0.609. The second kappa shape index (κ2) is 8.26. The van der Waals surface area contributed by atoms with Gasteiger partial charge in [0.15, 0.2) is 0 Å². The number of methoxy groups -OCH3 is 2. The van der Waals surface area contributed by atoms with Crippen molar-refractivity contribution in [1.82, 2.24) is 15.1 Å². The van der Waals surface area contributed by atoms with Gasteiger partial charge in [-0.2, -0.15) is 5.10 Å². The van der Waals surface area contributed by atoms with Gasteiger partial charge in [-0.1, -0.05) is 6.58 Å². The summed E-state index contributed by atoms with van der Waals surface area (Å²) in [6.07, 6.45) is 1.94. The molecule has 29 heavy (non-hydrogen) atoms. The molecule has 1 atom stereocenters. The molecule has 4 N–H and O–H groups in total. The summed E-state index contributed by atoms with van der Waals surface area (Å²) in [5.74, 6) is 0.908. The third-order valence-electron chi connectivity index (χ3n) is 5.00. The molecule has 0 bridgehead atoms. The first-order valence-corrected chi connectivity index (χ1v) is 9.20. The van der Waals surface area contributed by atoms with Crippen molar-refractivity contribution in [3.8, 4) is 22.8 Å². The van der Waals surface area contributed by atoms with Gasteiger partial charge < -0.3 is 25.8 Å². The van der Waals surface area contributed by atoms with E-state index in [1.54, 1.807) is 31.0 Å². The molecule has 3 rings (SSSR count). The Morgan fingerprint density at radius 2 is 2.03 bits per heavy atom. The lowest BCUT2D eigenvalue weighted by molar-refractivity contribution is -0.116. The highest BCUT2D eigenvalue weighted by Gasteiger charge is 2.30. The van der Waals surface area contributed by atoms with Crippen LogP contribution in [-0.4, -0.2) is 48.9 Å². The number of amides is 2. The lowest BCUT2D eigenvalue weighted by Gasteiger charge is -2.26. The third-order valence-corrected chi connectivity index (χ3v) is 5.00. The summed E-state index contributed by atoms with van der Waals surface area (Å²) in [5, 5.41) is 10.7. The molecule has 9 nitrogen and oxygen atoms in total. The van der Waals surface area contributed by atoms with Crippen LogP contribution < -0.4 is 25.8 Å². The highest BCUT2D eigenvalue weighted by atomic mass is 16.5. The molecule has 2 amide bonds. The molecule has 0 aliphatic carbocycles. The van der Waals surface area contributed by atoms with Crippen LogP contribution in [0, 0.1) is 6.92 Å². The molecular weight excluding hydrogens is 374 g/mol. The lowest BCUT2D eigenvalue weighted by Crippen LogP contribution is -2.34. The maximum Gasteiger partial charge on any atom is 0.254 e. The summed E-state index contributed by atoms with van der Waals surface area (Å²) >= 11 is 0. The van der Waals surface area contributed by atoms with Crippen molar-refractivity contribution in [1.29, 1.82) is 0 Å². The number of aromatic nitrogens is 2. The summed E-state index contributed by atoms with van der Waals surface area (Å²) in [6.45, 7) is 6.33. The first-order chi connectivity index (χ1) is 13.9. The monoisotopic (exact) mass is 399 g/mol. The molecule has 0 saturated heterocycles. The molecule has 2 aromatic rings. The molecule has 1 aliphatic rings. The Bertz CT molecular complexity index is 941. The number of carbonyl (C=O) groups is 2. The van der Waals surface area contributed by atoms with Gasteiger partial charge in [0.25, 0.3) is 5.91 Å². The predicted molar refractivity (Wildman–Crippen MR) is 109 cm³/mol. The number of benzene rings is 1. The predicted octanol–water partition coefficient (Wildman–Crippen LogP) is 1.63. The van der Waals surface area contributed by atoms with Crippen LogP contribution in [0.15, 0.2) is 24.8 Å². The van der Waals surface area contributed by atoms with Crippen molar-refractivity contribution in [2.45, 2.75) is 19.4 Å². The van der Waals surface area contributed by atoms with Crippen molar-refractivity contribution >= 4 is 17.6 Å². The van der Waals surface area contributed by atoms with Crippen molar-refractivity contribution in [3.05, 3.63) is 35.9 Å². The largest absolute Gasteiger partial charge is 0.496 e. The molecule has 154 valence electrons. The first-order valence-electron chi connectivity index (χ1n) is 9.20. The Labute approximate surface area is 168 Å². The van der Waals surface area contributed by atoms with Crippen LogP contribution in [0.3, 0.4) is 0 Å². The molecule has 0 radical (unpaired) electrons. The number of nitrogens with one attached hydrogen (secondary N) is 2. The van der Waals surface area contributed by atoms with Crippen LogP contribution in [0.1, 0.15) is 28.4 Å². The number of primary amides is 1. The standard InChI is InChI=1S/C20H25N5O4/c1-5-16(26)23-10-13-6-7-22-20-17(19(21)27)18(24-25(13)20)12-8-14(28-3)11(2)15(9-12)29-4/h5,8-9,13,22H,1,6-7,10H2,2-4H3,(H2,21,27)(H,23,26). The summed E-state index contributed by atoms with van der Waals surface area (Å²) in [5.41, 5.74) is 7.91. The van der Waals surface area contributed by atoms with E-state index in [4.69, 9.17) is 15.2 Å². The van der Waals surface area contributed by atoms with Crippen LogP contribution in [0.5, 0.6) is 11.5 Å². The number of hydrogen-bond acceptors (Lipinski definition) is 6. The molecule has 1 unspecified atom stereocenters. The first kappa shape index (κ1) is 20.2. The Balaban J connectivity index is 2.12. The van der Waals surface area contributed by atoms with Gasteiger partial charge in [-0.05, 0) is 31.6 Å². The van der Waals surface area contributed by atoms with Gasteiger partial charge in [-0.15, -0.1) is 0 Å². The summed E-state index contributed by atoms with van der Waals surface area (Å²) in [6, 6.07) is 3.47. The fraction of sp³-hybridized carbons (Fsp3) is 0.350. The van der Waals surface area contributed by atoms with Gasteiger partial charge >= 0.3 is 0 Å². The van der Waals surface area contributed by atoms with Crippen LogP contribution in [0.2, 0.25) is 0 Å². The number of nitrogens with zero attached hydrogens (tertiary/aromatic N) is 2. The zero-order valence-corrected chi connectivity index (χ0v) is 16.7. The van der Waals surface area contributed by atoms with E-state index in [2.05, 4.69) is 22.3 Å². The van der Waals surface area contributed by atoms with Gasteiger partial charge in [0, 0.05) is 24.2 Å². The van der Waals surface area contributed by atoms with E-state index in [9.17, 15) is 9.59 Å². The molecule has 1 aromatic carbocycles. The van der Waals surface area contributed by atoms with Gasteiger partial charge in [-0.25, -0.2) is 4.68 Å².